The Bertz CT molecular complexity index is 1440. The Morgan fingerprint density at radius 1 is 0.326 bits per heavy atom. The molecule has 0 heterocycles. The fourth-order valence-corrected chi connectivity index (χ4v) is 12.1. The van der Waals surface area contributed by atoms with E-state index in [1.54, 1.807) is 6.08 Å². The van der Waals surface area contributed by atoms with Crippen LogP contribution in [0.15, 0.2) is 48.6 Å². The van der Waals surface area contributed by atoms with E-state index in [0.717, 1.165) is 51.4 Å². The van der Waals surface area contributed by atoms with Crippen LogP contribution in [-0.2, 0) is 14.3 Å². The van der Waals surface area contributed by atoms with Gasteiger partial charge in [-0.05, 0) is 89.9 Å². The number of allylic oxidation sites excluding steroid dienone is 7. The number of aliphatic hydroxyl groups excluding tert-OH is 2. The van der Waals surface area contributed by atoms with Crippen molar-refractivity contribution in [3.8, 4) is 0 Å². The van der Waals surface area contributed by atoms with Crippen molar-refractivity contribution in [2.24, 2.45) is 0 Å². The highest BCUT2D eigenvalue weighted by molar-refractivity contribution is 5.76. The van der Waals surface area contributed by atoms with E-state index in [0.29, 0.717) is 19.4 Å². The van der Waals surface area contributed by atoms with Gasteiger partial charge in [0, 0.05) is 12.8 Å². The molecule has 6 nitrogen and oxygen atoms in total. The Balaban J connectivity index is 3.39. The highest BCUT2D eigenvalue weighted by Gasteiger charge is 2.18. The van der Waals surface area contributed by atoms with Crippen molar-refractivity contribution < 1.29 is 24.5 Å². The van der Waals surface area contributed by atoms with E-state index in [1.165, 1.54) is 347 Å². The van der Waals surface area contributed by atoms with Crippen molar-refractivity contribution in [3.05, 3.63) is 48.6 Å². The van der Waals surface area contributed by atoms with E-state index in [-0.39, 0.29) is 18.5 Å². The largest absolute Gasteiger partial charge is 0.466 e. The summed E-state index contributed by atoms with van der Waals surface area (Å²) in [6.45, 7) is 4.92. The molecule has 0 saturated carbocycles. The quantitative estimate of drug-likeness (QED) is 0.0320. The molecule has 0 fully saturated rings. The molecular weight excluding hydrogens is 1050 g/mol. The van der Waals surface area contributed by atoms with Gasteiger partial charge >= 0.3 is 5.97 Å². The molecule has 0 aliphatic rings. The summed E-state index contributed by atoms with van der Waals surface area (Å²) in [4.78, 5) is 24.7. The van der Waals surface area contributed by atoms with Crippen LogP contribution in [-0.4, -0.2) is 47.4 Å². The second-order valence-corrected chi connectivity index (χ2v) is 26.7. The highest BCUT2D eigenvalue weighted by atomic mass is 16.5. The zero-order valence-corrected chi connectivity index (χ0v) is 58.1. The normalized spacial score (nSPS) is 12.7. The van der Waals surface area contributed by atoms with Crippen LogP contribution >= 0.6 is 0 Å². The SMILES string of the molecule is CCCCCC/C=C\C/C=C\CCCCCCCCCC(=O)OCCCCCCCCCCCCCC/C=C\CCCCCCCCCCCCCCCCC(=O)NC(CO)C(O)/C=C/CCCCCCCCCCCCCCCCCCCCC. The second-order valence-electron chi connectivity index (χ2n) is 26.7. The van der Waals surface area contributed by atoms with Crippen LogP contribution in [0, 0.1) is 0 Å². The number of ether oxygens (including phenoxy) is 1. The van der Waals surface area contributed by atoms with Crippen molar-refractivity contribution in [1.29, 1.82) is 0 Å². The van der Waals surface area contributed by atoms with Gasteiger partial charge < -0.3 is 20.3 Å². The lowest BCUT2D eigenvalue weighted by Gasteiger charge is -2.20. The van der Waals surface area contributed by atoms with Gasteiger partial charge in [-0.1, -0.05) is 371 Å². The molecule has 2 atom stereocenters. The van der Waals surface area contributed by atoms with Gasteiger partial charge in [0.05, 0.1) is 25.4 Å². The maximum atomic E-state index is 12.5. The molecule has 0 aromatic heterocycles. The number of rotatable bonds is 73. The number of amides is 1. The number of carbonyl (C=O) groups excluding carboxylic acids is 2. The first-order chi connectivity index (χ1) is 42.5. The molecule has 86 heavy (non-hydrogen) atoms. The lowest BCUT2D eigenvalue weighted by Crippen LogP contribution is -2.45. The molecule has 6 heteroatoms. The smallest absolute Gasteiger partial charge is 0.305 e. The van der Waals surface area contributed by atoms with E-state index < -0.39 is 12.1 Å². The van der Waals surface area contributed by atoms with Crippen molar-refractivity contribution in [1.82, 2.24) is 5.32 Å². The molecular formula is C80H151NO5. The summed E-state index contributed by atoms with van der Waals surface area (Å²) in [5, 5.41) is 23.3. The van der Waals surface area contributed by atoms with E-state index in [1.807, 2.05) is 6.08 Å². The zero-order chi connectivity index (χ0) is 62.0. The number of carbonyl (C=O) groups is 2. The van der Waals surface area contributed by atoms with Crippen LogP contribution in [0.4, 0.5) is 0 Å². The maximum Gasteiger partial charge on any atom is 0.305 e. The summed E-state index contributed by atoms with van der Waals surface area (Å²) >= 11 is 0. The molecule has 0 saturated heterocycles. The van der Waals surface area contributed by atoms with Crippen LogP contribution in [0.2, 0.25) is 0 Å². The molecule has 506 valence electrons. The first-order valence-corrected chi connectivity index (χ1v) is 38.9. The fraction of sp³-hybridized carbons (Fsp3) is 0.875. The molecule has 0 spiro atoms. The molecule has 0 aromatic carbocycles. The predicted molar refractivity (Wildman–Crippen MR) is 379 cm³/mol. The summed E-state index contributed by atoms with van der Waals surface area (Å²) in [5.74, 6) is -0.0527. The summed E-state index contributed by atoms with van der Waals surface area (Å²) < 4.78 is 5.51. The van der Waals surface area contributed by atoms with Gasteiger partial charge in [0.15, 0.2) is 0 Å². The Labute approximate surface area is 537 Å². The van der Waals surface area contributed by atoms with Crippen LogP contribution in [0.1, 0.15) is 425 Å². The van der Waals surface area contributed by atoms with Gasteiger partial charge in [0.25, 0.3) is 0 Å². The van der Waals surface area contributed by atoms with Crippen molar-refractivity contribution >= 4 is 11.9 Å². The average Bonchev–Trinajstić information content (AvgIpc) is 3.54. The minimum absolute atomic E-state index is 0.00992. The van der Waals surface area contributed by atoms with Gasteiger partial charge in [-0.2, -0.15) is 0 Å². The number of unbranched alkanes of at least 4 members (excludes halogenated alkanes) is 56. The summed E-state index contributed by atoms with van der Waals surface area (Å²) in [5.41, 5.74) is 0. The fourth-order valence-electron chi connectivity index (χ4n) is 12.1. The molecule has 0 rings (SSSR count). The van der Waals surface area contributed by atoms with Crippen LogP contribution in [0.3, 0.4) is 0 Å². The Morgan fingerprint density at radius 3 is 0.907 bits per heavy atom. The molecule has 0 aliphatic heterocycles. The van der Waals surface area contributed by atoms with E-state index in [2.05, 4.69) is 55.6 Å². The van der Waals surface area contributed by atoms with E-state index in [4.69, 9.17) is 4.74 Å². The van der Waals surface area contributed by atoms with E-state index in [9.17, 15) is 19.8 Å². The van der Waals surface area contributed by atoms with Gasteiger partial charge in [0.2, 0.25) is 5.91 Å². The summed E-state index contributed by atoms with van der Waals surface area (Å²) in [6.07, 6.45) is 99.3. The van der Waals surface area contributed by atoms with Crippen molar-refractivity contribution in [2.75, 3.05) is 13.2 Å². The zero-order valence-electron chi connectivity index (χ0n) is 58.1. The number of esters is 1. The van der Waals surface area contributed by atoms with Gasteiger partial charge in [-0.15, -0.1) is 0 Å². The lowest BCUT2D eigenvalue weighted by atomic mass is 10.0. The standard InChI is InChI=1S/C80H151NO5/c1-3-5-7-9-11-13-15-17-19-21-23-34-37-40-44-48-52-56-60-64-68-72-78(83)77(76-82)81-79(84)73-69-65-61-57-53-49-45-41-38-35-32-30-28-26-24-25-27-29-31-33-36-39-43-47-51-55-59-63-67-71-75-86-80(85)74-70-66-62-58-54-50-46-42-22-20-18-16-14-12-10-8-6-4-2/h14,16,20,22,25,27,68,72,77-78,82-83H,3-13,15,17-19,21,23-24,26,28-67,69-71,73-76H2,1-2H3,(H,81,84)/b16-14-,22-20-,27-25-,72-68+. The molecule has 0 radical (unpaired) electrons. The minimum Gasteiger partial charge on any atom is -0.466 e. The number of hydrogen-bond acceptors (Lipinski definition) is 5. The topological polar surface area (TPSA) is 95.9 Å². The average molecular weight is 1210 g/mol. The lowest BCUT2D eigenvalue weighted by molar-refractivity contribution is -0.143. The van der Waals surface area contributed by atoms with Gasteiger partial charge in [-0.25, -0.2) is 0 Å². The Morgan fingerprint density at radius 2 is 0.581 bits per heavy atom. The number of nitrogens with one attached hydrogen (secondary N) is 1. The Kier molecular flexibility index (Phi) is 73.4. The van der Waals surface area contributed by atoms with Crippen molar-refractivity contribution in [3.63, 3.8) is 0 Å². The molecule has 1 amide bonds. The van der Waals surface area contributed by atoms with Crippen LogP contribution in [0.5, 0.6) is 0 Å². The summed E-state index contributed by atoms with van der Waals surface area (Å²) in [6, 6.07) is -0.629. The Hall–Kier alpha value is -2.18. The monoisotopic (exact) mass is 1210 g/mol. The van der Waals surface area contributed by atoms with E-state index >= 15 is 0 Å². The van der Waals surface area contributed by atoms with Gasteiger partial charge in [-0.3, -0.25) is 9.59 Å². The molecule has 3 N–H and O–H groups in total. The maximum absolute atomic E-state index is 12.5. The van der Waals surface area contributed by atoms with Gasteiger partial charge in [0.1, 0.15) is 0 Å². The molecule has 0 bridgehead atoms. The number of aliphatic hydroxyl groups is 2. The predicted octanol–water partition coefficient (Wildman–Crippen LogP) is 25.6. The molecule has 0 aliphatic carbocycles. The van der Waals surface area contributed by atoms with Crippen LogP contribution < -0.4 is 5.32 Å². The number of hydrogen-bond donors (Lipinski definition) is 3. The highest BCUT2D eigenvalue weighted by Crippen LogP contribution is 2.19. The van der Waals surface area contributed by atoms with Crippen LogP contribution in [0.25, 0.3) is 0 Å². The third-order valence-corrected chi connectivity index (χ3v) is 18.1. The minimum atomic E-state index is -0.845. The first-order valence-electron chi connectivity index (χ1n) is 38.9. The van der Waals surface area contributed by atoms with Crippen molar-refractivity contribution in [2.45, 2.75) is 437 Å². The second kappa shape index (κ2) is 75.3. The summed E-state index contributed by atoms with van der Waals surface area (Å²) in [7, 11) is 0. The third-order valence-electron chi connectivity index (χ3n) is 18.1. The molecule has 0 aromatic rings. The first kappa shape index (κ1) is 83.8. The molecule has 2 unspecified atom stereocenters. The third kappa shape index (κ3) is 70.9.